The molecule has 0 aromatic heterocycles. The van der Waals surface area contributed by atoms with Gasteiger partial charge in [0.25, 0.3) is 6.47 Å². The Morgan fingerprint density at radius 2 is 2.36 bits per heavy atom. The molecule has 2 nitrogen and oxygen atoms in total. The van der Waals surface area contributed by atoms with Gasteiger partial charge in [0.15, 0.2) is 0 Å². The van der Waals surface area contributed by atoms with Crippen LogP contribution >= 0.6 is 0 Å². The number of rotatable bonds is 2. The molecule has 0 unspecified atom stereocenters. The van der Waals surface area contributed by atoms with Gasteiger partial charge in [-0.3, -0.25) is 4.79 Å². The molecule has 2 fully saturated rings. The van der Waals surface area contributed by atoms with Crippen LogP contribution in [0, 0.1) is 17.3 Å². The second-order valence-corrected chi connectivity index (χ2v) is 5.01. The molecule has 0 aromatic rings. The van der Waals surface area contributed by atoms with E-state index in [4.69, 9.17) is 4.74 Å². The van der Waals surface area contributed by atoms with Crippen LogP contribution in [0.3, 0.4) is 0 Å². The van der Waals surface area contributed by atoms with Crippen LogP contribution in [0.2, 0.25) is 0 Å². The first kappa shape index (κ1) is 8.51. The molecule has 0 heterocycles. The minimum Gasteiger partial charge on any atom is -0.464 e. The largest absolute Gasteiger partial charge is 0.464 e. The van der Waals surface area contributed by atoms with Crippen LogP contribution in [-0.2, 0) is 9.53 Å². The Bertz CT molecular complexity index is 284. The van der Waals surface area contributed by atoms with Crippen molar-refractivity contribution in [2.75, 3.05) is 0 Å². The molecule has 2 saturated carbocycles. The highest BCUT2D eigenvalue weighted by atomic mass is 16.5. The number of allylic oxidation sites excluding steroid dienone is 2. The zero-order valence-corrected chi connectivity index (χ0v) is 8.32. The fourth-order valence-electron chi connectivity index (χ4n) is 4.12. The molecule has 0 spiro atoms. The summed E-state index contributed by atoms with van der Waals surface area (Å²) in [6, 6.07) is 0. The third-order valence-corrected chi connectivity index (χ3v) is 4.72. The van der Waals surface area contributed by atoms with E-state index in [2.05, 4.69) is 12.2 Å². The Morgan fingerprint density at radius 3 is 3.21 bits per heavy atom. The van der Waals surface area contributed by atoms with Gasteiger partial charge in [0.05, 0.1) is 0 Å². The summed E-state index contributed by atoms with van der Waals surface area (Å²) in [4.78, 5) is 10.5. The molecule has 14 heavy (non-hydrogen) atoms. The second kappa shape index (κ2) is 2.85. The van der Waals surface area contributed by atoms with Crippen molar-refractivity contribution in [2.24, 2.45) is 17.3 Å². The van der Waals surface area contributed by atoms with Crippen LogP contribution < -0.4 is 0 Å². The van der Waals surface area contributed by atoms with E-state index in [1.165, 1.54) is 19.3 Å². The highest BCUT2D eigenvalue weighted by Gasteiger charge is 2.59. The molecule has 0 aliphatic heterocycles. The van der Waals surface area contributed by atoms with Crippen molar-refractivity contribution < 1.29 is 9.53 Å². The second-order valence-electron chi connectivity index (χ2n) is 5.01. The van der Waals surface area contributed by atoms with Crippen LogP contribution in [0.25, 0.3) is 0 Å². The Morgan fingerprint density at radius 1 is 1.43 bits per heavy atom. The third-order valence-electron chi connectivity index (χ3n) is 4.72. The normalized spacial score (nSPS) is 49.0. The lowest BCUT2D eigenvalue weighted by atomic mass is 9.70. The van der Waals surface area contributed by atoms with E-state index in [1.54, 1.807) is 0 Å². The number of hydrogen-bond donors (Lipinski definition) is 0. The molecule has 0 amide bonds. The van der Waals surface area contributed by atoms with Gasteiger partial charge in [-0.2, -0.15) is 0 Å². The maximum Gasteiger partial charge on any atom is 0.293 e. The van der Waals surface area contributed by atoms with E-state index in [9.17, 15) is 4.79 Å². The molecule has 76 valence electrons. The molecule has 3 rings (SSSR count). The Labute approximate surface area is 84.3 Å². The molecule has 3 aliphatic rings. The van der Waals surface area contributed by atoms with Crippen molar-refractivity contribution in [3.05, 3.63) is 12.2 Å². The first-order valence-electron chi connectivity index (χ1n) is 5.61. The van der Waals surface area contributed by atoms with Crippen molar-refractivity contribution in [1.29, 1.82) is 0 Å². The number of carbonyl (C=O) groups excluding carboxylic acids is 1. The highest BCUT2D eigenvalue weighted by Crippen LogP contribution is 2.63. The molecule has 0 radical (unpaired) electrons. The first-order valence-corrected chi connectivity index (χ1v) is 5.61. The van der Waals surface area contributed by atoms with E-state index >= 15 is 0 Å². The molecule has 0 aromatic carbocycles. The van der Waals surface area contributed by atoms with Gasteiger partial charge in [0.1, 0.15) is 6.10 Å². The molecule has 2 bridgehead atoms. The van der Waals surface area contributed by atoms with E-state index in [1.807, 2.05) is 0 Å². The predicted octanol–water partition coefficient (Wildman–Crippen LogP) is 2.29. The average Bonchev–Trinajstić information content (AvgIpc) is 2.72. The summed E-state index contributed by atoms with van der Waals surface area (Å²) in [5, 5.41) is 0. The molecule has 4 atom stereocenters. The summed E-state index contributed by atoms with van der Waals surface area (Å²) >= 11 is 0. The van der Waals surface area contributed by atoms with Gasteiger partial charge in [0.2, 0.25) is 0 Å². The van der Waals surface area contributed by atoms with Gasteiger partial charge in [0, 0.05) is 5.41 Å². The lowest BCUT2D eigenvalue weighted by Gasteiger charge is -2.37. The minimum atomic E-state index is 0.216. The van der Waals surface area contributed by atoms with Gasteiger partial charge in [-0.15, -0.1) is 0 Å². The third kappa shape index (κ3) is 0.891. The Hall–Kier alpha value is -0.790. The lowest BCUT2D eigenvalue weighted by Crippen LogP contribution is -2.36. The van der Waals surface area contributed by atoms with Crippen molar-refractivity contribution in [2.45, 2.75) is 38.2 Å². The van der Waals surface area contributed by atoms with Crippen LogP contribution in [0.15, 0.2) is 12.2 Å². The van der Waals surface area contributed by atoms with Crippen LogP contribution in [0.1, 0.15) is 32.1 Å². The first-order chi connectivity index (χ1) is 6.87. The average molecular weight is 192 g/mol. The number of ether oxygens (including phenoxy) is 1. The smallest absolute Gasteiger partial charge is 0.293 e. The summed E-state index contributed by atoms with van der Waals surface area (Å²) < 4.78 is 5.28. The van der Waals surface area contributed by atoms with Crippen LogP contribution in [0.4, 0.5) is 0 Å². The standard InChI is InChI=1S/C12H16O2/c13-8-14-11-7-9-4-6-12(11)5-2-1-3-10(9)12/h1-2,8-11H,3-7H2/t9-,10+,11-,12-/m0/s1. The quantitative estimate of drug-likeness (QED) is 0.495. The van der Waals surface area contributed by atoms with Crippen molar-refractivity contribution >= 4 is 6.47 Å². The van der Waals surface area contributed by atoms with Gasteiger partial charge in [-0.25, -0.2) is 0 Å². The van der Waals surface area contributed by atoms with E-state index in [0.29, 0.717) is 11.9 Å². The van der Waals surface area contributed by atoms with E-state index < -0.39 is 0 Å². The summed E-state index contributed by atoms with van der Waals surface area (Å²) in [5.74, 6) is 1.63. The molecule has 2 heteroatoms. The van der Waals surface area contributed by atoms with Gasteiger partial charge < -0.3 is 4.74 Å². The van der Waals surface area contributed by atoms with Crippen molar-refractivity contribution in [1.82, 2.24) is 0 Å². The zero-order valence-electron chi connectivity index (χ0n) is 8.32. The zero-order chi connectivity index (χ0) is 9.60. The van der Waals surface area contributed by atoms with E-state index in [0.717, 1.165) is 24.7 Å². The molecule has 0 saturated heterocycles. The summed E-state index contributed by atoms with van der Waals surface area (Å²) in [7, 11) is 0. The number of carbonyl (C=O) groups is 1. The summed E-state index contributed by atoms with van der Waals surface area (Å²) in [6.45, 7) is 0.648. The SMILES string of the molecule is O=CO[C@H]1C[C@@H]2CC[C@]13CC=CC[C@H]23. The number of hydrogen-bond acceptors (Lipinski definition) is 2. The highest BCUT2D eigenvalue weighted by molar-refractivity contribution is 5.38. The van der Waals surface area contributed by atoms with Crippen LogP contribution in [0.5, 0.6) is 0 Å². The fraction of sp³-hybridized carbons (Fsp3) is 0.750. The minimum absolute atomic E-state index is 0.216. The van der Waals surface area contributed by atoms with Crippen molar-refractivity contribution in [3.8, 4) is 0 Å². The fourth-order valence-corrected chi connectivity index (χ4v) is 4.12. The van der Waals surface area contributed by atoms with Gasteiger partial charge in [-0.05, 0) is 43.9 Å². The summed E-state index contributed by atoms with van der Waals surface area (Å²) in [5.41, 5.74) is 0.334. The van der Waals surface area contributed by atoms with Crippen molar-refractivity contribution in [3.63, 3.8) is 0 Å². The molecular formula is C12H16O2. The summed E-state index contributed by atoms with van der Waals surface area (Å²) in [6.07, 6.45) is 10.9. The maximum absolute atomic E-state index is 10.5. The predicted molar refractivity (Wildman–Crippen MR) is 52.6 cm³/mol. The Kier molecular flexibility index (Phi) is 1.73. The van der Waals surface area contributed by atoms with Gasteiger partial charge in [-0.1, -0.05) is 12.2 Å². The van der Waals surface area contributed by atoms with Gasteiger partial charge >= 0.3 is 0 Å². The molecular weight excluding hydrogens is 176 g/mol. The maximum atomic E-state index is 10.5. The Balaban J connectivity index is 1.93. The lowest BCUT2D eigenvalue weighted by molar-refractivity contribution is -0.140. The molecule has 3 aliphatic carbocycles. The monoisotopic (exact) mass is 192 g/mol. The van der Waals surface area contributed by atoms with Crippen LogP contribution in [-0.4, -0.2) is 12.6 Å². The molecule has 0 N–H and O–H groups in total. The van der Waals surface area contributed by atoms with E-state index in [-0.39, 0.29) is 6.10 Å². The topological polar surface area (TPSA) is 26.3 Å².